The third kappa shape index (κ3) is 5.05. The SMILES string of the molecule is Cc1sc(NC(=O)Cc2ccc(F)c(O)c2)nc1-c1ccc2c(c1)CCN2S(=O)(=O)c1ccccc1[N+](=O)[O-]. The average molecular weight is 569 g/mol. The van der Waals surface area contributed by atoms with Crippen LogP contribution in [0.2, 0.25) is 0 Å². The van der Waals surface area contributed by atoms with Crippen molar-refractivity contribution in [3.8, 4) is 17.0 Å². The molecule has 0 saturated carbocycles. The lowest BCUT2D eigenvalue weighted by Crippen LogP contribution is -2.29. The number of hydrogen-bond donors (Lipinski definition) is 2. The number of carbonyl (C=O) groups is 1. The second kappa shape index (κ2) is 10.1. The Morgan fingerprint density at radius 3 is 2.72 bits per heavy atom. The number of nitro benzene ring substituents is 1. The molecule has 0 saturated heterocycles. The van der Waals surface area contributed by atoms with Gasteiger partial charge in [0.2, 0.25) is 5.91 Å². The second-order valence-corrected chi connectivity index (χ2v) is 11.9. The number of phenols is 1. The van der Waals surface area contributed by atoms with E-state index in [0.29, 0.717) is 28.5 Å². The van der Waals surface area contributed by atoms with Crippen LogP contribution in [0.15, 0.2) is 65.6 Å². The van der Waals surface area contributed by atoms with Gasteiger partial charge in [0.1, 0.15) is 0 Å². The van der Waals surface area contributed by atoms with Gasteiger partial charge in [-0.2, -0.15) is 0 Å². The van der Waals surface area contributed by atoms with E-state index in [1.54, 1.807) is 12.1 Å². The molecule has 0 fully saturated rings. The summed E-state index contributed by atoms with van der Waals surface area (Å²) in [5.41, 5.74) is 2.52. The van der Waals surface area contributed by atoms with Crippen LogP contribution < -0.4 is 9.62 Å². The van der Waals surface area contributed by atoms with E-state index in [0.717, 1.165) is 28.1 Å². The van der Waals surface area contributed by atoms with E-state index in [4.69, 9.17) is 0 Å². The Labute approximate surface area is 226 Å². The number of anilines is 2. The minimum atomic E-state index is -4.16. The molecule has 4 aromatic rings. The van der Waals surface area contributed by atoms with Crippen LogP contribution >= 0.6 is 11.3 Å². The van der Waals surface area contributed by atoms with Gasteiger partial charge in [-0.1, -0.05) is 24.3 Å². The Hall–Kier alpha value is -4.36. The van der Waals surface area contributed by atoms with Crippen LogP contribution in [-0.2, 0) is 27.7 Å². The van der Waals surface area contributed by atoms with Gasteiger partial charge < -0.3 is 10.4 Å². The lowest BCUT2D eigenvalue weighted by molar-refractivity contribution is -0.387. The van der Waals surface area contributed by atoms with E-state index in [2.05, 4.69) is 10.3 Å². The van der Waals surface area contributed by atoms with Crippen LogP contribution in [0.4, 0.5) is 20.9 Å². The highest BCUT2D eigenvalue weighted by molar-refractivity contribution is 7.93. The number of benzene rings is 3. The van der Waals surface area contributed by atoms with Crippen molar-refractivity contribution in [1.29, 1.82) is 0 Å². The molecule has 10 nitrogen and oxygen atoms in total. The molecule has 0 radical (unpaired) electrons. The summed E-state index contributed by atoms with van der Waals surface area (Å²) in [6, 6.07) is 14.2. The van der Waals surface area contributed by atoms with Crippen LogP contribution in [0.25, 0.3) is 11.3 Å². The smallest absolute Gasteiger partial charge is 0.289 e. The fourth-order valence-electron chi connectivity index (χ4n) is 4.45. The predicted octanol–water partition coefficient (Wildman–Crippen LogP) is 4.80. The molecule has 1 aliphatic heterocycles. The van der Waals surface area contributed by atoms with Gasteiger partial charge in [0, 0.05) is 23.1 Å². The second-order valence-electron chi connectivity index (χ2n) is 8.83. The number of rotatable bonds is 7. The van der Waals surface area contributed by atoms with Crippen molar-refractivity contribution in [3.63, 3.8) is 0 Å². The summed E-state index contributed by atoms with van der Waals surface area (Å²) in [5.74, 6) is -1.68. The Morgan fingerprint density at radius 2 is 1.97 bits per heavy atom. The van der Waals surface area contributed by atoms with Gasteiger partial charge in [-0.05, 0) is 54.8 Å². The van der Waals surface area contributed by atoms with Gasteiger partial charge >= 0.3 is 0 Å². The number of aromatic nitrogens is 1. The molecular formula is C26H21FN4O6S2. The van der Waals surface area contributed by atoms with E-state index in [9.17, 15) is 32.8 Å². The first-order chi connectivity index (χ1) is 18.5. The number of aryl methyl sites for hydroxylation is 1. The molecule has 0 spiro atoms. The first-order valence-corrected chi connectivity index (χ1v) is 13.9. The Kier molecular flexibility index (Phi) is 6.78. The molecule has 0 bridgehead atoms. The number of fused-ring (bicyclic) bond motifs is 1. The van der Waals surface area contributed by atoms with Crippen molar-refractivity contribution >= 4 is 43.8 Å². The molecule has 1 aliphatic rings. The van der Waals surface area contributed by atoms with Crippen molar-refractivity contribution in [2.24, 2.45) is 0 Å². The zero-order valence-corrected chi connectivity index (χ0v) is 22.1. The molecule has 2 heterocycles. The summed E-state index contributed by atoms with van der Waals surface area (Å²) in [5, 5.41) is 24.0. The largest absolute Gasteiger partial charge is 0.505 e. The van der Waals surface area contributed by atoms with E-state index < -0.39 is 32.2 Å². The number of para-hydroxylation sites is 1. The normalized spacial score (nSPS) is 12.8. The monoisotopic (exact) mass is 568 g/mol. The zero-order valence-electron chi connectivity index (χ0n) is 20.4. The maximum Gasteiger partial charge on any atom is 0.289 e. The average Bonchev–Trinajstić information content (AvgIpc) is 3.49. The standard InChI is InChI=1S/C26H21FN4O6S2/c1-15-25(29-26(38-15)28-24(33)13-16-6-8-19(27)22(32)12-16)18-7-9-20-17(14-18)10-11-30(20)39(36,37)23-5-3-2-4-21(23)31(34)35/h2-9,12,14,32H,10-11,13H2,1H3,(H,28,29,33). The summed E-state index contributed by atoms with van der Waals surface area (Å²) in [4.78, 5) is 28.2. The molecule has 1 amide bonds. The molecule has 5 rings (SSSR count). The summed E-state index contributed by atoms with van der Waals surface area (Å²) in [6.07, 6.45) is 0.338. The molecule has 3 aromatic carbocycles. The van der Waals surface area contributed by atoms with E-state index in [1.165, 1.54) is 46.0 Å². The molecule has 200 valence electrons. The number of carbonyl (C=O) groups excluding carboxylic acids is 1. The van der Waals surface area contributed by atoms with Crippen molar-refractivity contribution < 1.29 is 27.6 Å². The van der Waals surface area contributed by atoms with Crippen LogP contribution in [0.5, 0.6) is 5.75 Å². The Morgan fingerprint density at radius 1 is 1.21 bits per heavy atom. The van der Waals surface area contributed by atoms with Crippen molar-refractivity contribution in [1.82, 2.24) is 4.98 Å². The first-order valence-electron chi connectivity index (χ1n) is 11.7. The van der Waals surface area contributed by atoms with Crippen molar-refractivity contribution in [3.05, 3.63) is 92.6 Å². The molecule has 2 N–H and O–H groups in total. The summed E-state index contributed by atoms with van der Waals surface area (Å²) in [6.45, 7) is 1.99. The number of nitrogens with zero attached hydrogens (tertiary/aromatic N) is 3. The minimum absolute atomic E-state index is 0.0788. The number of nitrogens with one attached hydrogen (secondary N) is 1. The van der Waals surface area contributed by atoms with Gasteiger partial charge in [0.05, 0.1) is 22.7 Å². The maximum absolute atomic E-state index is 13.3. The highest BCUT2D eigenvalue weighted by Crippen LogP contribution is 2.39. The predicted molar refractivity (Wildman–Crippen MR) is 144 cm³/mol. The number of hydrogen-bond acceptors (Lipinski definition) is 8. The third-order valence-corrected chi connectivity index (χ3v) is 9.00. The van der Waals surface area contributed by atoms with Gasteiger partial charge in [0.25, 0.3) is 15.7 Å². The fourth-order valence-corrected chi connectivity index (χ4v) is 6.96. The number of aromatic hydroxyl groups is 1. The number of nitro groups is 1. The molecule has 0 unspecified atom stereocenters. The zero-order chi connectivity index (χ0) is 27.9. The van der Waals surface area contributed by atoms with Crippen LogP contribution in [0.3, 0.4) is 0 Å². The van der Waals surface area contributed by atoms with E-state index in [-0.39, 0.29) is 23.8 Å². The van der Waals surface area contributed by atoms with Gasteiger partial charge in [0.15, 0.2) is 21.6 Å². The number of halogens is 1. The number of thiazole rings is 1. The number of sulfonamides is 1. The molecule has 39 heavy (non-hydrogen) atoms. The highest BCUT2D eigenvalue weighted by atomic mass is 32.2. The summed E-state index contributed by atoms with van der Waals surface area (Å²) >= 11 is 1.27. The van der Waals surface area contributed by atoms with Crippen molar-refractivity contribution in [2.75, 3.05) is 16.2 Å². The summed E-state index contributed by atoms with van der Waals surface area (Å²) < 4.78 is 41.1. The topological polar surface area (TPSA) is 143 Å². The number of phenolic OH excluding ortho intramolecular Hbond substituents is 1. The van der Waals surface area contributed by atoms with Crippen LogP contribution in [0, 0.1) is 22.9 Å². The molecule has 1 aromatic heterocycles. The van der Waals surface area contributed by atoms with Gasteiger partial charge in [-0.15, -0.1) is 11.3 Å². The Balaban J connectivity index is 1.36. The van der Waals surface area contributed by atoms with Crippen molar-refractivity contribution in [2.45, 2.75) is 24.7 Å². The number of amides is 1. The third-order valence-electron chi connectivity index (χ3n) is 6.25. The Bertz CT molecular complexity index is 1740. The molecular weight excluding hydrogens is 547 g/mol. The minimum Gasteiger partial charge on any atom is -0.505 e. The van der Waals surface area contributed by atoms with Gasteiger partial charge in [-0.25, -0.2) is 17.8 Å². The summed E-state index contributed by atoms with van der Waals surface area (Å²) in [7, 11) is -4.16. The molecule has 0 atom stereocenters. The van der Waals surface area contributed by atoms with Crippen LogP contribution in [-0.4, -0.2) is 35.9 Å². The lowest BCUT2D eigenvalue weighted by atomic mass is 10.1. The highest BCUT2D eigenvalue weighted by Gasteiger charge is 2.35. The first kappa shape index (κ1) is 26.3. The van der Waals surface area contributed by atoms with E-state index >= 15 is 0 Å². The van der Waals surface area contributed by atoms with Crippen LogP contribution in [0.1, 0.15) is 16.0 Å². The maximum atomic E-state index is 13.3. The van der Waals surface area contributed by atoms with Gasteiger partial charge in [-0.3, -0.25) is 19.2 Å². The van der Waals surface area contributed by atoms with E-state index in [1.807, 2.05) is 13.0 Å². The fraction of sp³-hybridized carbons (Fsp3) is 0.154. The lowest BCUT2D eigenvalue weighted by Gasteiger charge is -2.19. The quantitative estimate of drug-likeness (QED) is 0.241. The molecule has 0 aliphatic carbocycles. The molecule has 13 heteroatoms.